The molecule has 0 spiro atoms. The van der Waals surface area contributed by atoms with Crippen molar-refractivity contribution >= 4 is 23.5 Å². The largest absolute Gasteiger partial charge is 0.493 e. The molecule has 132 valence electrons. The maximum absolute atomic E-state index is 12.4. The quantitative estimate of drug-likeness (QED) is 0.735. The van der Waals surface area contributed by atoms with E-state index < -0.39 is 0 Å². The first-order chi connectivity index (χ1) is 12.7. The number of H-pyrrole nitrogens is 1. The number of hydrogen-bond donors (Lipinski definition) is 2. The highest BCUT2D eigenvalue weighted by Crippen LogP contribution is 2.37. The Hall–Kier alpha value is -2.93. The molecule has 1 atom stereocenters. The highest BCUT2D eigenvalue weighted by atomic mass is 35.5. The summed E-state index contributed by atoms with van der Waals surface area (Å²) in [5.41, 5.74) is 1.85. The lowest BCUT2D eigenvalue weighted by Crippen LogP contribution is -2.21. The average molecular weight is 370 g/mol. The summed E-state index contributed by atoms with van der Waals surface area (Å²) in [6.07, 6.45) is 4.45. The zero-order valence-electron chi connectivity index (χ0n) is 13.8. The van der Waals surface area contributed by atoms with Crippen molar-refractivity contribution in [3.8, 4) is 17.1 Å². The zero-order chi connectivity index (χ0) is 17.9. The fourth-order valence-corrected chi connectivity index (χ4v) is 3.17. The molecule has 2 N–H and O–H groups in total. The van der Waals surface area contributed by atoms with Gasteiger partial charge in [-0.25, -0.2) is 0 Å². The molecule has 1 aromatic carbocycles. The lowest BCUT2D eigenvalue weighted by atomic mass is 9.90. The van der Waals surface area contributed by atoms with Crippen LogP contribution in [-0.4, -0.2) is 32.7 Å². The van der Waals surface area contributed by atoms with Gasteiger partial charge in [0.15, 0.2) is 5.82 Å². The first kappa shape index (κ1) is 16.5. The SMILES string of the molecule is O=C(C[C@H]1CCOc2cc(Cl)ccc21)Nc1n[nH]c(-c2ccncc2)n1. The van der Waals surface area contributed by atoms with E-state index >= 15 is 0 Å². The zero-order valence-corrected chi connectivity index (χ0v) is 14.5. The number of halogens is 1. The number of amides is 1. The van der Waals surface area contributed by atoms with Crippen molar-refractivity contribution in [1.29, 1.82) is 0 Å². The number of fused-ring (bicyclic) bond motifs is 1. The molecule has 3 heterocycles. The Kier molecular flexibility index (Phi) is 4.53. The van der Waals surface area contributed by atoms with Crippen LogP contribution in [0.1, 0.15) is 24.3 Å². The van der Waals surface area contributed by atoms with Gasteiger partial charge in [-0.1, -0.05) is 17.7 Å². The number of nitrogens with one attached hydrogen (secondary N) is 2. The van der Waals surface area contributed by atoms with Gasteiger partial charge in [-0.05, 0) is 42.2 Å². The lowest BCUT2D eigenvalue weighted by molar-refractivity contribution is -0.116. The molecule has 7 nitrogen and oxygen atoms in total. The topological polar surface area (TPSA) is 92.8 Å². The number of rotatable bonds is 4. The van der Waals surface area contributed by atoms with Gasteiger partial charge in [-0.2, -0.15) is 4.98 Å². The third-order valence-corrected chi connectivity index (χ3v) is 4.50. The van der Waals surface area contributed by atoms with E-state index in [1.54, 1.807) is 18.5 Å². The van der Waals surface area contributed by atoms with Crippen LogP contribution in [0.5, 0.6) is 5.75 Å². The number of carbonyl (C=O) groups is 1. The van der Waals surface area contributed by atoms with Crippen LogP contribution < -0.4 is 10.1 Å². The number of aromatic nitrogens is 4. The molecule has 1 aliphatic heterocycles. The van der Waals surface area contributed by atoms with E-state index in [1.807, 2.05) is 24.3 Å². The Morgan fingerprint density at radius 2 is 2.15 bits per heavy atom. The molecule has 8 heteroatoms. The monoisotopic (exact) mass is 369 g/mol. The van der Waals surface area contributed by atoms with Crippen LogP contribution in [-0.2, 0) is 4.79 Å². The summed E-state index contributed by atoms with van der Waals surface area (Å²) in [7, 11) is 0. The number of anilines is 1. The molecule has 4 rings (SSSR count). The molecule has 0 unspecified atom stereocenters. The normalized spacial score (nSPS) is 15.8. The number of hydrogen-bond acceptors (Lipinski definition) is 5. The fraction of sp³-hybridized carbons (Fsp3) is 0.222. The number of pyridine rings is 1. The van der Waals surface area contributed by atoms with Gasteiger partial charge in [0.2, 0.25) is 11.9 Å². The highest BCUT2D eigenvalue weighted by molar-refractivity contribution is 6.30. The maximum atomic E-state index is 12.4. The molecular weight excluding hydrogens is 354 g/mol. The molecule has 0 saturated heterocycles. The molecule has 0 radical (unpaired) electrons. The van der Waals surface area contributed by atoms with Crippen molar-refractivity contribution in [3.63, 3.8) is 0 Å². The van der Waals surface area contributed by atoms with Gasteiger partial charge in [0.25, 0.3) is 0 Å². The molecule has 26 heavy (non-hydrogen) atoms. The molecule has 1 aliphatic rings. The van der Waals surface area contributed by atoms with Crippen molar-refractivity contribution in [2.24, 2.45) is 0 Å². The second kappa shape index (κ2) is 7.13. The molecule has 0 bridgehead atoms. The number of ether oxygens (including phenoxy) is 1. The minimum atomic E-state index is -0.141. The van der Waals surface area contributed by atoms with Crippen LogP contribution in [0.25, 0.3) is 11.4 Å². The van der Waals surface area contributed by atoms with Gasteiger partial charge in [-0.15, -0.1) is 5.10 Å². The molecule has 0 fully saturated rings. The second-order valence-electron chi connectivity index (χ2n) is 6.01. The summed E-state index contributed by atoms with van der Waals surface area (Å²) in [6, 6.07) is 9.16. The Bertz CT molecular complexity index is 928. The fourth-order valence-electron chi connectivity index (χ4n) is 3.01. The van der Waals surface area contributed by atoms with Crippen LogP contribution >= 0.6 is 11.6 Å². The van der Waals surface area contributed by atoms with E-state index in [1.165, 1.54) is 0 Å². The molecule has 0 saturated carbocycles. The third kappa shape index (κ3) is 3.52. The molecule has 0 aliphatic carbocycles. The highest BCUT2D eigenvalue weighted by Gasteiger charge is 2.24. The van der Waals surface area contributed by atoms with Gasteiger partial charge in [0, 0.05) is 29.4 Å². The Morgan fingerprint density at radius 3 is 3.00 bits per heavy atom. The summed E-state index contributed by atoms with van der Waals surface area (Å²) >= 11 is 6.01. The Morgan fingerprint density at radius 1 is 1.31 bits per heavy atom. The third-order valence-electron chi connectivity index (χ3n) is 4.26. The first-order valence-corrected chi connectivity index (χ1v) is 8.62. The van der Waals surface area contributed by atoms with Crippen LogP contribution in [0.4, 0.5) is 5.95 Å². The van der Waals surface area contributed by atoms with Gasteiger partial charge in [-0.3, -0.25) is 20.2 Å². The predicted molar refractivity (Wildman–Crippen MR) is 97.2 cm³/mol. The number of aromatic amines is 1. The Balaban J connectivity index is 1.43. The Labute approximate surface area is 154 Å². The van der Waals surface area contributed by atoms with Crippen LogP contribution in [0, 0.1) is 0 Å². The summed E-state index contributed by atoms with van der Waals surface area (Å²) in [4.78, 5) is 20.7. The van der Waals surface area contributed by atoms with Gasteiger partial charge >= 0.3 is 0 Å². The predicted octanol–water partition coefficient (Wildman–Crippen LogP) is 3.42. The van der Waals surface area contributed by atoms with Gasteiger partial charge < -0.3 is 4.74 Å². The standard InChI is InChI=1S/C18H16ClN5O2/c19-13-1-2-14-12(5-8-26-15(14)10-13)9-16(25)21-18-22-17(23-24-18)11-3-6-20-7-4-11/h1-4,6-7,10,12H,5,8-9H2,(H2,21,22,23,24,25)/t12-/m1/s1. The van der Waals surface area contributed by atoms with Crippen molar-refractivity contribution < 1.29 is 9.53 Å². The van der Waals surface area contributed by atoms with Crippen molar-refractivity contribution in [2.45, 2.75) is 18.8 Å². The van der Waals surface area contributed by atoms with E-state index in [4.69, 9.17) is 16.3 Å². The first-order valence-electron chi connectivity index (χ1n) is 8.24. The summed E-state index contributed by atoms with van der Waals surface area (Å²) in [5, 5.41) is 10.2. The molecular formula is C18H16ClN5O2. The van der Waals surface area contributed by atoms with Crippen molar-refractivity contribution in [3.05, 3.63) is 53.3 Å². The average Bonchev–Trinajstić information content (AvgIpc) is 3.11. The van der Waals surface area contributed by atoms with Gasteiger partial charge in [0.05, 0.1) is 6.61 Å². The lowest BCUT2D eigenvalue weighted by Gasteiger charge is -2.25. The van der Waals surface area contributed by atoms with E-state index in [2.05, 4.69) is 25.5 Å². The second-order valence-corrected chi connectivity index (χ2v) is 6.45. The smallest absolute Gasteiger partial charge is 0.249 e. The summed E-state index contributed by atoms with van der Waals surface area (Å²) < 4.78 is 5.64. The molecule has 1 amide bonds. The number of carbonyl (C=O) groups excluding carboxylic acids is 1. The summed E-state index contributed by atoms with van der Waals surface area (Å²) in [6.45, 7) is 0.568. The van der Waals surface area contributed by atoms with Crippen LogP contribution in [0.15, 0.2) is 42.7 Å². The van der Waals surface area contributed by atoms with E-state index in [0.717, 1.165) is 23.3 Å². The number of benzene rings is 1. The minimum absolute atomic E-state index is 0.0784. The van der Waals surface area contributed by atoms with Crippen LogP contribution in [0.2, 0.25) is 5.02 Å². The summed E-state index contributed by atoms with van der Waals surface area (Å²) in [5.74, 6) is 1.52. The maximum Gasteiger partial charge on any atom is 0.249 e. The van der Waals surface area contributed by atoms with E-state index in [0.29, 0.717) is 23.9 Å². The number of nitrogens with zero attached hydrogens (tertiary/aromatic N) is 3. The van der Waals surface area contributed by atoms with Crippen molar-refractivity contribution in [2.75, 3.05) is 11.9 Å². The van der Waals surface area contributed by atoms with Crippen LogP contribution in [0.3, 0.4) is 0 Å². The van der Waals surface area contributed by atoms with E-state index in [-0.39, 0.29) is 17.8 Å². The van der Waals surface area contributed by atoms with Crippen molar-refractivity contribution in [1.82, 2.24) is 20.2 Å². The van der Waals surface area contributed by atoms with Gasteiger partial charge in [0.1, 0.15) is 5.75 Å². The minimum Gasteiger partial charge on any atom is -0.493 e. The van der Waals surface area contributed by atoms with E-state index in [9.17, 15) is 4.79 Å². The molecule has 2 aromatic heterocycles. The molecule has 3 aromatic rings.